The van der Waals surface area contributed by atoms with Crippen LogP contribution in [0.3, 0.4) is 0 Å². The highest BCUT2D eigenvalue weighted by Gasteiger charge is 2.32. The van der Waals surface area contributed by atoms with Crippen LogP contribution >= 0.6 is 0 Å². The van der Waals surface area contributed by atoms with Crippen LogP contribution in [0.4, 0.5) is 14.5 Å². The fourth-order valence-electron chi connectivity index (χ4n) is 6.67. The van der Waals surface area contributed by atoms with Crippen molar-refractivity contribution in [3.05, 3.63) is 77.6 Å². The molecule has 3 aromatic carbocycles. The number of amides is 2. The third kappa shape index (κ3) is 8.76. The average Bonchev–Trinajstić information content (AvgIpc) is 3.67. The summed E-state index contributed by atoms with van der Waals surface area (Å²) in [5.41, 5.74) is 1.23. The molecule has 0 aliphatic heterocycles. The maximum atomic E-state index is 13.8. The number of halogens is 2. The molecule has 2 unspecified atom stereocenters. The number of hydrogen-bond donors (Lipinski definition) is 2. The van der Waals surface area contributed by atoms with Crippen molar-refractivity contribution in [2.45, 2.75) is 52.1 Å². The molecule has 2 atom stereocenters. The van der Waals surface area contributed by atoms with Crippen molar-refractivity contribution in [2.24, 2.45) is 11.8 Å². The first-order valence-corrected chi connectivity index (χ1v) is 18.7. The van der Waals surface area contributed by atoms with Crippen LogP contribution in [0.25, 0.3) is 33.4 Å². The van der Waals surface area contributed by atoms with Crippen LogP contribution in [0.5, 0.6) is 0 Å². The van der Waals surface area contributed by atoms with Crippen molar-refractivity contribution in [3.8, 4) is 22.5 Å². The topological polar surface area (TPSA) is 135 Å². The van der Waals surface area contributed by atoms with Crippen molar-refractivity contribution in [3.63, 3.8) is 0 Å². The number of benzene rings is 3. The first-order valence-electron chi connectivity index (χ1n) is 16.8. The number of anilines is 1. The number of hydrogen-bond acceptors (Lipinski definition) is 7. The third-order valence-electron chi connectivity index (χ3n) is 8.95. The predicted molar refractivity (Wildman–Crippen MR) is 192 cm³/mol. The van der Waals surface area contributed by atoms with Gasteiger partial charge in [0.2, 0.25) is 10.0 Å². The van der Waals surface area contributed by atoms with E-state index in [2.05, 4.69) is 10.6 Å². The lowest BCUT2D eigenvalue weighted by Gasteiger charge is -2.24. The number of ether oxygens (including phenoxy) is 1. The number of carbonyl (C=O) groups is 3. The van der Waals surface area contributed by atoms with Gasteiger partial charge in [-0.1, -0.05) is 18.6 Å². The minimum absolute atomic E-state index is 0.0824. The molecule has 0 saturated heterocycles. The fraction of sp³-hybridized carbons (Fsp3) is 0.395. The molecule has 1 aliphatic carbocycles. The molecule has 13 heteroatoms. The zero-order valence-corrected chi connectivity index (χ0v) is 30.2. The second kappa shape index (κ2) is 15.2. The van der Waals surface area contributed by atoms with Gasteiger partial charge in [0.05, 0.1) is 24.1 Å². The number of nitrogens with one attached hydrogen (secondary N) is 2. The molecule has 2 N–H and O–H groups in total. The number of sulfonamides is 1. The molecule has 0 spiro atoms. The first-order chi connectivity index (χ1) is 24.1. The molecule has 1 aromatic heterocycles. The first kappa shape index (κ1) is 37.5. The number of alkyl halides is 1. The molecule has 4 aromatic rings. The summed E-state index contributed by atoms with van der Waals surface area (Å²) in [7, 11) is -2.56. The van der Waals surface area contributed by atoms with E-state index >= 15 is 0 Å². The zero-order valence-electron chi connectivity index (χ0n) is 29.3. The highest BCUT2D eigenvalue weighted by atomic mass is 32.2. The Morgan fingerprint density at radius 1 is 0.980 bits per heavy atom. The number of rotatable bonds is 12. The monoisotopic (exact) mass is 723 g/mol. The molecule has 51 heavy (non-hydrogen) atoms. The maximum absolute atomic E-state index is 13.8. The van der Waals surface area contributed by atoms with Gasteiger partial charge in [-0.05, 0) is 93.5 Å². The van der Waals surface area contributed by atoms with Gasteiger partial charge in [-0.3, -0.25) is 18.7 Å². The van der Waals surface area contributed by atoms with Crippen molar-refractivity contribution in [1.29, 1.82) is 0 Å². The summed E-state index contributed by atoms with van der Waals surface area (Å²) in [6.07, 6.45) is 3.92. The minimum Gasteiger partial charge on any atom is -0.460 e. The number of fused-ring (bicyclic) bond motifs is 1. The predicted octanol–water partition coefficient (Wildman–Crippen LogP) is 6.88. The van der Waals surface area contributed by atoms with E-state index in [1.54, 1.807) is 30.3 Å². The van der Waals surface area contributed by atoms with Gasteiger partial charge in [0.15, 0.2) is 0 Å². The SMILES string of the molecule is CNC(=O)c1c(-c2ccc(F)cc2)oc2cc(N(CCF)S(C)(=O)=O)c(-c3cccc(C(=O)NCC4CCCC4CC(=O)OC(C)(C)C)c3)cc12. The van der Waals surface area contributed by atoms with Crippen LogP contribution in [0.1, 0.15) is 67.2 Å². The normalized spacial score (nSPS) is 16.2. The summed E-state index contributed by atoms with van der Waals surface area (Å²) >= 11 is 0. The van der Waals surface area contributed by atoms with E-state index < -0.39 is 40.6 Å². The Labute approximate surface area is 296 Å². The largest absolute Gasteiger partial charge is 0.460 e. The van der Waals surface area contributed by atoms with Crippen molar-refractivity contribution >= 4 is 44.5 Å². The van der Waals surface area contributed by atoms with E-state index in [4.69, 9.17) is 9.15 Å². The smallest absolute Gasteiger partial charge is 0.306 e. The molecule has 10 nitrogen and oxygen atoms in total. The van der Waals surface area contributed by atoms with Crippen LogP contribution in [0.2, 0.25) is 0 Å². The van der Waals surface area contributed by atoms with E-state index in [1.807, 2.05) is 20.8 Å². The molecule has 1 saturated carbocycles. The second-order valence-corrected chi connectivity index (χ2v) is 15.7. The molecule has 0 bridgehead atoms. The van der Waals surface area contributed by atoms with Gasteiger partial charge in [-0.2, -0.15) is 0 Å². The Hall–Kier alpha value is -4.78. The molecule has 0 radical (unpaired) electrons. The fourth-order valence-corrected chi connectivity index (χ4v) is 7.58. The van der Waals surface area contributed by atoms with E-state index in [1.165, 1.54) is 37.4 Å². The number of esters is 1. The Balaban J connectivity index is 1.53. The van der Waals surface area contributed by atoms with Gasteiger partial charge in [0.25, 0.3) is 11.8 Å². The number of furan rings is 1. The van der Waals surface area contributed by atoms with Crippen LogP contribution in [0, 0.1) is 17.7 Å². The van der Waals surface area contributed by atoms with E-state index in [0.29, 0.717) is 34.2 Å². The Morgan fingerprint density at radius 2 is 1.69 bits per heavy atom. The standard InChI is InChI=1S/C38H43F2N3O7S/c1-38(2,3)50-33(44)19-24-8-6-11-27(24)22-42-36(45)26-10-7-9-25(18-26)29-20-30-32(21-31(29)43(17-16-39)51(5,47)48)49-35(34(30)37(46)41-4)23-12-14-28(40)15-13-23/h7,9-10,12-15,18,20-21,24,27H,6,8,11,16-17,19,22H2,1-5H3,(H,41,46)(H,42,45). The van der Waals surface area contributed by atoms with Crippen molar-refractivity contribution in [1.82, 2.24) is 10.6 Å². The molecular weight excluding hydrogens is 680 g/mol. The quantitative estimate of drug-likeness (QED) is 0.152. The Kier molecular flexibility index (Phi) is 11.2. The lowest BCUT2D eigenvalue weighted by atomic mass is 9.92. The molecule has 5 rings (SSSR count). The summed E-state index contributed by atoms with van der Waals surface area (Å²) in [6.45, 7) is 4.37. The van der Waals surface area contributed by atoms with Crippen molar-refractivity contribution in [2.75, 3.05) is 37.4 Å². The van der Waals surface area contributed by atoms with Gasteiger partial charge in [-0.15, -0.1) is 0 Å². The van der Waals surface area contributed by atoms with Crippen LogP contribution in [-0.2, 0) is 19.6 Å². The lowest BCUT2D eigenvalue weighted by molar-refractivity contribution is -0.156. The lowest BCUT2D eigenvalue weighted by Crippen LogP contribution is -2.32. The summed E-state index contributed by atoms with van der Waals surface area (Å²) < 4.78 is 66.2. The van der Waals surface area contributed by atoms with Crippen LogP contribution in [-0.4, -0.2) is 64.9 Å². The van der Waals surface area contributed by atoms with Gasteiger partial charge < -0.3 is 19.8 Å². The Bertz CT molecular complexity index is 2040. The maximum Gasteiger partial charge on any atom is 0.306 e. The zero-order chi connectivity index (χ0) is 37.1. The van der Waals surface area contributed by atoms with Crippen molar-refractivity contribution < 1.29 is 40.7 Å². The summed E-state index contributed by atoms with van der Waals surface area (Å²) in [6, 6.07) is 14.9. The van der Waals surface area contributed by atoms with E-state index in [-0.39, 0.29) is 52.7 Å². The summed E-state index contributed by atoms with van der Waals surface area (Å²) in [4.78, 5) is 39.3. The van der Waals surface area contributed by atoms with Crippen LogP contribution < -0.4 is 14.9 Å². The van der Waals surface area contributed by atoms with Gasteiger partial charge >= 0.3 is 5.97 Å². The third-order valence-corrected chi connectivity index (χ3v) is 10.1. The molecular formula is C38H43F2N3O7S. The molecule has 272 valence electrons. The van der Waals surface area contributed by atoms with E-state index in [9.17, 15) is 31.6 Å². The molecule has 2 amide bonds. The highest BCUT2D eigenvalue weighted by Crippen LogP contribution is 2.42. The molecule has 1 aliphatic rings. The molecule has 1 fully saturated rings. The van der Waals surface area contributed by atoms with Gasteiger partial charge in [0, 0.05) is 48.2 Å². The Morgan fingerprint density at radius 3 is 2.33 bits per heavy atom. The second-order valence-electron chi connectivity index (χ2n) is 13.8. The summed E-state index contributed by atoms with van der Waals surface area (Å²) in [5.74, 6) is -1.29. The van der Waals surface area contributed by atoms with E-state index in [0.717, 1.165) is 29.8 Å². The minimum atomic E-state index is -4.01. The number of carbonyl (C=O) groups excluding carboxylic acids is 3. The average molecular weight is 724 g/mol. The van der Waals surface area contributed by atoms with Crippen LogP contribution in [0.15, 0.2) is 65.1 Å². The summed E-state index contributed by atoms with van der Waals surface area (Å²) in [5, 5.41) is 5.92. The van der Waals surface area contributed by atoms with Gasteiger partial charge in [-0.25, -0.2) is 17.2 Å². The van der Waals surface area contributed by atoms with Gasteiger partial charge in [0.1, 0.15) is 29.4 Å². The number of nitrogens with zero attached hydrogens (tertiary/aromatic N) is 1. The highest BCUT2D eigenvalue weighted by molar-refractivity contribution is 7.92. The molecule has 1 heterocycles.